The molecule has 1 aliphatic heterocycles. The number of aliphatic hydroxyl groups excluding tert-OH is 1. The Labute approximate surface area is 140 Å². The van der Waals surface area contributed by atoms with E-state index in [-0.39, 0.29) is 19.1 Å². The molecule has 1 atom stereocenters. The zero-order valence-electron chi connectivity index (χ0n) is 12.5. The number of halogens is 2. The monoisotopic (exact) mass is 346 g/mol. The zero-order valence-corrected chi connectivity index (χ0v) is 14.0. The van der Waals surface area contributed by atoms with E-state index in [1.807, 2.05) is 13.1 Å². The van der Waals surface area contributed by atoms with Crippen LogP contribution in [-0.2, 0) is 16.1 Å². The topological polar surface area (TPSA) is 53.0 Å². The fourth-order valence-electron chi connectivity index (χ4n) is 2.38. The summed E-state index contributed by atoms with van der Waals surface area (Å²) in [5, 5.41) is 10.1. The molecule has 22 heavy (non-hydrogen) atoms. The van der Waals surface area contributed by atoms with Gasteiger partial charge in [-0.2, -0.15) is 0 Å². The fourth-order valence-corrected chi connectivity index (χ4v) is 2.70. The average Bonchev–Trinajstić information content (AvgIpc) is 2.50. The standard InChI is InChI=1S/C15H20Cl2N2O3/c1-18-5-7-22-14(10-18)15(21)19(4-6-20)9-11-2-3-12(16)13(17)8-11/h2-3,8,14,20H,4-7,9-10H2,1H3. The van der Waals surface area contributed by atoms with Crippen LogP contribution in [0.5, 0.6) is 0 Å². The Morgan fingerprint density at radius 1 is 1.45 bits per heavy atom. The molecule has 0 radical (unpaired) electrons. The second-order valence-corrected chi connectivity index (χ2v) is 6.17. The molecule has 1 aromatic carbocycles. The molecule has 1 saturated heterocycles. The first kappa shape index (κ1) is 17.5. The summed E-state index contributed by atoms with van der Waals surface area (Å²) in [6, 6.07) is 5.25. The SMILES string of the molecule is CN1CCOC(C(=O)N(CCO)Cc2ccc(Cl)c(Cl)c2)C1. The highest BCUT2D eigenvalue weighted by Crippen LogP contribution is 2.23. The third-order valence-corrected chi connectivity index (χ3v) is 4.32. The third-order valence-electron chi connectivity index (χ3n) is 3.58. The third kappa shape index (κ3) is 4.57. The van der Waals surface area contributed by atoms with E-state index < -0.39 is 6.10 Å². The molecule has 122 valence electrons. The molecule has 1 heterocycles. The van der Waals surface area contributed by atoms with Gasteiger partial charge < -0.3 is 19.6 Å². The maximum atomic E-state index is 12.6. The van der Waals surface area contributed by atoms with Gasteiger partial charge in [0.2, 0.25) is 0 Å². The lowest BCUT2D eigenvalue weighted by atomic mass is 10.2. The number of morpholine rings is 1. The van der Waals surface area contributed by atoms with E-state index >= 15 is 0 Å². The second kappa shape index (κ2) is 8.13. The zero-order chi connectivity index (χ0) is 16.1. The summed E-state index contributed by atoms with van der Waals surface area (Å²) >= 11 is 11.9. The largest absolute Gasteiger partial charge is 0.395 e. The predicted molar refractivity (Wildman–Crippen MR) is 86.2 cm³/mol. The lowest BCUT2D eigenvalue weighted by Gasteiger charge is -2.33. The molecule has 1 aliphatic rings. The van der Waals surface area contributed by atoms with Gasteiger partial charge >= 0.3 is 0 Å². The minimum absolute atomic E-state index is 0.102. The highest BCUT2D eigenvalue weighted by Gasteiger charge is 2.28. The normalized spacial score (nSPS) is 19.2. The van der Waals surface area contributed by atoms with Crippen molar-refractivity contribution in [2.75, 3.05) is 39.9 Å². The number of hydrogen-bond acceptors (Lipinski definition) is 4. The number of benzene rings is 1. The van der Waals surface area contributed by atoms with Gasteiger partial charge in [-0.1, -0.05) is 29.3 Å². The Bertz CT molecular complexity index is 528. The van der Waals surface area contributed by atoms with Crippen molar-refractivity contribution >= 4 is 29.1 Å². The predicted octanol–water partition coefficient (Wildman–Crippen LogP) is 1.64. The van der Waals surface area contributed by atoms with Crippen LogP contribution in [0, 0.1) is 0 Å². The van der Waals surface area contributed by atoms with Crippen LogP contribution in [0.25, 0.3) is 0 Å². The summed E-state index contributed by atoms with van der Waals surface area (Å²) in [5.74, 6) is -0.119. The van der Waals surface area contributed by atoms with Gasteiger partial charge in [0.1, 0.15) is 6.10 Å². The molecule has 1 amide bonds. The molecule has 0 spiro atoms. The van der Waals surface area contributed by atoms with E-state index in [1.165, 1.54) is 0 Å². The second-order valence-electron chi connectivity index (χ2n) is 5.35. The number of hydrogen-bond donors (Lipinski definition) is 1. The van der Waals surface area contributed by atoms with E-state index in [1.54, 1.807) is 17.0 Å². The van der Waals surface area contributed by atoms with Gasteiger partial charge in [-0.25, -0.2) is 0 Å². The number of amides is 1. The highest BCUT2D eigenvalue weighted by atomic mass is 35.5. The van der Waals surface area contributed by atoms with E-state index in [0.29, 0.717) is 29.7 Å². The van der Waals surface area contributed by atoms with Crippen LogP contribution in [-0.4, -0.2) is 66.8 Å². The molecule has 0 aromatic heterocycles. The van der Waals surface area contributed by atoms with E-state index in [4.69, 9.17) is 27.9 Å². The van der Waals surface area contributed by atoms with Crippen molar-refractivity contribution in [3.8, 4) is 0 Å². The van der Waals surface area contributed by atoms with Gasteiger partial charge in [0.25, 0.3) is 5.91 Å². The summed E-state index contributed by atoms with van der Waals surface area (Å²) in [7, 11) is 1.96. The lowest BCUT2D eigenvalue weighted by molar-refractivity contribution is -0.150. The van der Waals surface area contributed by atoms with Crippen molar-refractivity contribution < 1.29 is 14.6 Å². The Balaban J connectivity index is 2.07. The number of likely N-dealkylation sites (N-methyl/N-ethyl adjacent to an activating group) is 1. The molecule has 0 saturated carbocycles. The van der Waals surface area contributed by atoms with Crippen molar-refractivity contribution in [3.05, 3.63) is 33.8 Å². The molecule has 0 bridgehead atoms. The van der Waals surface area contributed by atoms with Crippen LogP contribution in [0.4, 0.5) is 0 Å². The Morgan fingerprint density at radius 2 is 2.23 bits per heavy atom. The number of carbonyl (C=O) groups excluding carboxylic acids is 1. The van der Waals surface area contributed by atoms with Gasteiger partial charge in [-0.3, -0.25) is 4.79 Å². The molecular weight excluding hydrogens is 327 g/mol. The van der Waals surface area contributed by atoms with E-state index in [2.05, 4.69) is 4.90 Å². The van der Waals surface area contributed by atoms with Crippen LogP contribution >= 0.6 is 23.2 Å². The Morgan fingerprint density at radius 3 is 2.86 bits per heavy atom. The molecule has 1 aromatic rings. The Kier molecular flexibility index (Phi) is 6.47. The summed E-state index contributed by atoms with van der Waals surface area (Å²) < 4.78 is 5.56. The summed E-state index contributed by atoms with van der Waals surface area (Å²) in [6.07, 6.45) is -0.493. The fraction of sp³-hybridized carbons (Fsp3) is 0.533. The molecule has 1 fully saturated rings. The molecular formula is C15H20Cl2N2O3. The summed E-state index contributed by atoms with van der Waals surface area (Å²) in [5.41, 5.74) is 0.861. The van der Waals surface area contributed by atoms with Crippen molar-refractivity contribution in [1.82, 2.24) is 9.80 Å². The van der Waals surface area contributed by atoms with Crippen molar-refractivity contribution in [1.29, 1.82) is 0 Å². The van der Waals surface area contributed by atoms with E-state index in [9.17, 15) is 9.90 Å². The van der Waals surface area contributed by atoms with Gasteiger partial charge in [-0.05, 0) is 24.7 Å². The molecule has 1 unspecified atom stereocenters. The first-order chi connectivity index (χ1) is 10.5. The maximum absolute atomic E-state index is 12.6. The van der Waals surface area contributed by atoms with Crippen LogP contribution in [0.15, 0.2) is 18.2 Å². The van der Waals surface area contributed by atoms with Crippen LogP contribution in [0.3, 0.4) is 0 Å². The van der Waals surface area contributed by atoms with E-state index in [0.717, 1.165) is 12.1 Å². The van der Waals surface area contributed by atoms with Crippen molar-refractivity contribution in [2.45, 2.75) is 12.6 Å². The number of nitrogens with zero attached hydrogens (tertiary/aromatic N) is 2. The summed E-state index contributed by atoms with van der Waals surface area (Å²) in [4.78, 5) is 16.2. The lowest BCUT2D eigenvalue weighted by Crippen LogP contribution is -2.50. The van der Waals surface area contributed by atoms with Crippen molar-refractivity contribution in [3.63, 3.8) is 0 Å². The minimum Gasteiger partial charge on any atom is -0.395 e. The quantitative estimate of drug-likeness (QED) is 0.880. The molecule has 5 nitrogen and oxygen atoms in total. The first-order valence-corrected chi connectivity index (χ1v) is 7.90. The van der Waals surface area contributed by atoms with Crippen LogP contribution in [0.1, 0.15) is 5.56 Å². The number of ether oxygens (including phenoxy) is 1. The van der Waals surface area contributed by atoms with Crippen LogP contribution < -0.4 is 0 Å². The molecule has 2 rings (SSSR count). The molecule has 0 aliphatic carbocycles. The van der Waals surface area contributed by atoms with Crippen LogP contribution in [0.2, 0.25) is 10.0 Å². The number of rotatable bonds is 5. The first-order valence-electron chi connectivity index (χ1n) is 7.15. The maximum Gasteiger partial charge on any atom is 0.253 e. The van der Waals surface area contributed by atoms with Gasteiger partial charge in [0, 0.05) is 26.2 Å². The van der Waals surface area contributed by atoms with Gasteiger partial charge in [0.05, 0.1) is 23.3 Å². The summed E-state index contributed by atoms with van der Waals surface area (Å²) in [6.45, 7) is 2.42. The van der Waals surface area contributed by atoms with Crippen molar-refractivity contribution in [2.24, 2.45) is 0 Å². The number of carbonyl (C=O) groups is 1. The minimum atomic E-state index is -0.493. The number of aliphatic hydroxyl groups is 1. The molecule has 1 N–H and O–H groups in total. The molecule has 7 heteroatoms. The smallest absolute Gasteiger partial charge is 0.253 e. The average molecular weight is 347 g/mol. The van der Waals surface area contributed by atoms with Gasteiger partial charge in [-0.15, -0.1) is 0 Å². The Hall–Kier alpha value is -0.850. The highest BCUT2D eigenvalue weighted by molar-refractivity contribution is 6.42. The van der Waals surface area contributed by atoms with Gasteiger partial charge in [0.15, 0.2) is 0 Å².